The van der Waals surface area contributed by atoms with E-state index in [0.29, 0.717) is 6.42 Å². The molecule has 1 saturated heterocycles. The molecule has 294 valence electrons. The van der Waals surface area contributed by atoms with E-state index in [-0.39, 0.29) is 32.0 Å². The average molecular weight is 715 g/mol. The van der Waals surface area contributed by atoms with Gasteiger partial charge < -0.3 is 39.4 Å². The minimum absolute atomic E-state index is 0.216. The quantitative estimate of drug-likeness (QED) is 0.0304. The molecule has 0 bridgehead atoms. The maximum absolute atomic E-state index is 12.7. The molecule has 0 aliphatic carbocycles. The molecule has 6 atom stereocenters. The molecule has 10 nitrogen and oxygen atoms in total. The van der Waals surface area contributed by atoms with Gasteiger partial charge in [0.15, 0.2) is 12.4 Å². The molecular formula is C40H74O10. The smallest absolute Gasteiger partial charge is 0.306 e. The van der Waals surface area contributed by atoms with Gasteiger partial charge in [0.1, 0.15) is 31.0 Å². The maximum atomic E-state index is 12.7. The Kier molecular flexibility index (Phi) is 29.8. The molecule has 1 heterocycles. The van der Waals surface area contributed by atoms with Crippen molar-refractivity contribution in [1.29, 1.82) is 0 Å². The predicted octanol–water partition coefficient (Wildman–Crippen LogP) is 7.61. The zero-order valence-corrected chi connectivity index (χ0v) is 31.7. The van der Waals surface area contributed by atoms with Gasteiger partial charge in [-0.25, -0.2) is 0 Å². The van der Waals surface area contributed by atoms with Gasteiger partial charge in [-0.1, -0.05) is 135 Å². The lowest BCUT2D eigenvalue weighted by Gasteiger charge is -2.39. The molecule has 0 amide bonds. The summed E-state index contributed by atoms with van der Waals surface area (Å²) in [6.07, 6.45) is 23.6. The first-order valence-electron chi connectivity index (χ1n) is 20.3. The van der Waals surface area contributed by atoms with E-state index < -0.39 is 49.4 Å². The molecule has 1 fully saturated rings. The lowest BCUT2D eigenvalue weighted by molar-refractivity contribution is -0.305. The van der Waals surface area contributed by atoms with Crippen LogP contribution >= 0.6 is 0 Å². The standard InChI is InChI=1S/C40H74O10/c1-3-5-7-9-11-13-15-16-17-19-21-23-25-27-29-36(43)49-33(32-48-40-39(46)38(45)37(44)34(30-41)50-40)31-47-35(42)28-26-24-22-20-18-14-12-10-8-6-4-2/h15-16,33-34,37-41,44-46H,3-14,17-32H2,1-2H3/b16-15+/t33-,34-,37+,38?,39?,40-/m1/s1. The highest BCUT2D eigenvalue weighted by atomic mass is 16.7. The van der Waals surface area contributed by atoms with Crippen molar-refractivity contribution in [3.63, 3.8) is 0 Å². The first-order valence-corrected chi connectivity index (χ1v) is 20.3. The fourth-order valence-electron chi connectivity index (χ4n) is 6.12. The molecule has 0 saturated carbocycles. The minimum Gasteiger partial charge on any atom is -0.462 e. The average Bonchev–Trinajstić information content (AvgIpc) is 3.11. The van der Waals surface area contributed by atoms with Gasteiger partial charge in [0.2, 0.25) is 0 Å². The van der Waals surface area contributed by atoms with E-state index in [4.69, 9.17) is 18.9 Å². The second kappa shape index (κ2) is 32.1. The fraction of sp³-hybridized carbons (Fsp3) is 0.900. The van der Waals surface area contributed by atoms with Crippen LogP contribution in [0.3, 0.4) is 0 Å². The van der Waals surface area contributed by atoms with E-state index in [1.54, 1.807) is 0 Å². The third kappa shape index (κ3) is 23.8. The highest BCUT2D eigenvalue weighted by molar-refractivity contribution is 5.70. The Morgan fingerprint density at radius 1 is 0.600 bits per heavy atom. The van der Waals surface area contributed by atoms with Gasteiger partial charge in [-0.15, -0.1) is 0 Å². The molecule has 0 aromatic carbocycles. The number of aliphatic hydroxyl groups excluding tert-OH is 4. The molecule has 4 N–H and O–H groups in total. The topological polar surface area (TPSA) is 152 Å². The molecule has 50 heavy (non-hydrogen) atoms. The highest BCUT2D eigenvalue weighted by Crippen LogP contribution is 2.22. The van der Waals surface area contributed by atoms with Crippen LogP contribution in [0.15, 0.2) is 12.2 Å². The van der Waals surface area contributed by atoms with Crippen LogP contribution in [0.25, 0.3) is 0 Å². The van der Waals surface area contributed by atoms with Crippen LogP contribution in [0, 0.1) is 0 Å². The molecule has 0 spiro atoms. The summed E-state index contributed by atoms with van der Waals surface area (Å²) in [7, 11) is 0. The second-order valence-corrected chi connectivity index (χ2v) is 14.1. The van der Waals surface area contributed by atoms with Crippen LogP contribution in [-0.2, 0) is 28.5 Å². The van der Waals surface area contributed by atoms with Gasteiger partial charge in [0.05, 0.1) is 13.2 Å². The number of hydrogen-bond donors (Lipinski definition) is 4. The minimum atomic E-state index is -1.59. The van der Waals surface area contributed by atoms with Crippen molar-refractivity contribution in [2.75, 3.05) is 19.8 Å². The Morgan fingerprint density at radius 3 is 1.56 bits per heavy atom. The van der Waals surface area contributed by atoms with Gasteiger partial charge in [0, 0.05) is 12.8 Å². The van der Waals surface area contributed by atoms with Crippen molar-refractivity contribution in [1.82, 2.24) is 0 Å². The normalized spacial score (nSPS) is 21.4. The summed E-state index contributed by atoms with van der Waals surface area (Å²) in [5.74, 6) is -0.813. The van der Waals surface area contributed by atoms with Gasteiger partial charge in [-0.3, -0.25) is 9.59 Å². The molecule has 1 aliphatic rings. The SMILES string of the molecule is CCCCCCC/C=C/CCCCCCCC(=O)O[C@H](COC(=O)CCCCCCCCCCCCC)CO[C@@H]1O[C@H](CO)[C@H](O)C(O)C1O. The maximum Gasteiger partial charge on any atom is 0.306 e. The van der Waals surface area contributed by atoms with E-state index in [1.165, 1.54) is 89.9 Å². The molecular weight excluding hydrogens is 640 g/mol. The van der Waals surface area contributed by atoms with Crippen LogP contribution in [0.5, 0.6) is 0 Å². The van der Waals surface area contributed by atoms with Crippen molar-refractivity contribution >= 4 is 11.9 Å². The van der Waals surface area contributed by atoms with E-state index in [1.807, 2.05) is 0 Å². The van der Waals surface area contributed by atoms with Crippen molar-refractivity contribution in [2.24, 2.45) is 0 Å². The zero-order valence-electron chi connectivity index (χ0n) is 31.7. The summed E-state index contributed by atoms with van der Waals surface area (Å²) in [4.78, 5) is 25.2. The number of carbonyl (C=O) groups excluding carboxylic acids is 2. The Balaban J connectivity index is 2.38. The monoisotopic (exact) mass is 715 g/mol. The van der Waals surface area contributed by atoms with Gasteiger partial charge in [-0.05, 0) is 38.5 Å². The summed E-state index contributed by atoms with van der Waals surface area (Å²) in [6.45, 7) is 3.39. The van der Waals surface area contributed by atoms with Crippen LogP contribution < -0.4 is 0 Å². The second-order valence-electron chi connectivity index (χ2n) is 14.1. The van der Waals surface area contributed by atoms with Gasteiger partial charge in [-0.2, -0.15) is 0 Å². The number of unbranched alkanes of at least 4 members (excludes halogenated alkanes) is 20. The summed E-state index contributed by atoms with van der Waals surface area (Å²) < 4.78 is 22.1. The summed E-state index contributed by atoms with van der Waals surface area (Å²) >= 11 is 0. The Hall–Kier alpha value is -1.56. The molecule has 0 aromatic heterocycles. The van der Waals surface area contributed by atoms with E-state index >= 15 is 0 Å². The number of carbonyl (C=O) groups is 2. The van der Waals surface area contributed by atoms with E-state index in [0.717, 1.165) is 51.4 Å². The molecule has 10 heteroatoms. The number of ether oxygens (including phenoxy) is 4. The molecule has 2 unspecified atom stereocenters. The van der Waals surface area contributed by atoms with Gasteiger partial charge in [0.25, 0.3) is 0 Å². The van der Waals surface area contributed by atoms with Crippen molar-refractivity contribution < 1.29 is 49.0 Å². The number of hydrogen-bond acceptors (Lipinski definition) is 10. The van der Waals surface area contributed by atoms with E-state index in [9.17, 15) is 30.0 Å². The van der Waals surface area contributed by atoms with Crippen LogP contribution in [0.2, 0.25) is 0 Å². The van der Waals surface area contributed by atoms with Crippen molar-refractivity contribution in [3.8, 4) is 0 Å². The Morgan fingerprint density at radius 2 is 1.06 bits per heavy atom. The number of esters is 2. The van der Waals surface area contributed by atoms with Crippen LogP contribution in [0.1, 0.15) is 174 Å². The molecule has 0 aromatic rings. The van der Waals surface area contributed by atoms with Crippen LogP contribution in [-0.4, -0.2) is 89.0 Å². The fourth-order valence-corrected chi connectivity index (χ4v) is 6.12. The highest BCUT2D eigenvalue weighted by Gasteiger charge is 2.44. The third-order valence-corrected chi connectivity index (χ3v) is 9.40. The zero-order chi connectivity index (χ0) is 36.7. The molecule has 1 rings (SSSR count). The third-order valence-electron chi connectivity index (χ3n) is 9.40. The first-order chi connectivity index (χ1) is 24.3. The molecule has 0 radical (unpaired) electrons. The van der Waals surface area contributed by atoms with Crippen molar-refractivity contribution in [2.45, 2.75) is 211 Å². The summed E-state index contributed by atoms with van der Waals surface area (Å²) in [5, 5.41) is 39.9. The van der Waals surface area contributed by atoms with E-state index in [2.05, 4.69) is 26.0 Å². The number of rotatable bonds is 33. The summed E-state index contributed by atoms with van der Waals surface area (Å²) in [6, 6.07) is 0. The Bertz CT molecular complexity index is 835. The Labute approximate surface area is 303 Å². The first kappa shape index (κ1) is 46.5. The van der Waals surface area contributed by atoms with Crippen molar-refractivity contribution in [3.05, 3.63) is 12.2 Å². The van der Waals surface area contributed by atoms with Crippen LogP contribution in [0.4, 0.5) is 0 Å². The lowest BCUT2D eigenvalue weighted by Crippen LogP contribution is -2.59. The predicted molar refractivity (Wildman–Crippen MR) is 196 cm³/mol. The van der Waals surface area contributed by atoms with Gasteiger partial charge >= 0.3 is 11.9 Å². The number of aliphatic hydroxyl groups is 4. The summed E-state index contributed by atoms with van der Waals surface area (Å²) in [5.41, 5.74) is 0. The molecule has 1 aliphatic heterocycles. The lowest BCUT2D eigenvalue weighted by atomic mass is 9.99. The number of allylic oxidation sites excluding steroid dienone is 2. The largest absolute Gasteiger partial charge is 0.462 e.